The molecule has 1 aliphatic carbocycles. The second-order valence-electron chi connectivity index (χ2n) is 9.95. The molecule has 3 nitrogen and oxygen atoms in total. The van der Waals surface area contributed by atoms with Gasteiger partial charge in [0.05, 0.1) is 25.9 Å². The predicted molar refractivity (Wildman–Crippen MR) is 144 cm³/mol. The van der Waals surface area contributed by atoms with Crippen LogP contribution in [0.3, 0.4) is 0 Å². The van der Waals surface area contributed by atoms with Gasteiger partial charge in [0.2, 0.25) is 0 Å². The van der Waals surface area contributed by atoms with Gasteiger partial charge in [0.15, 0.2) is 23.2 Å². The van der Waals surface area contributed by atoms with E-state index in [0.29, 0.717) is 30.3 Å². The minimum Gasteiger partial charge on any atom is -0.494 e. The van der Waals surface area contributed by atoms with E-state index in [1.165, 1.54) is 0 Å². The van der Waals surface area contributed by atoms with Crippen molar-refractivity contribution in [1.29, 1.82) is 0 Å². The summed E-state index contributed by atoms with van der Waals surface area (Å²) < 4.78 is 61.3. The van der Waals surface area contributed by atoms with Gasteiger partial charge in [0.1, 0.15) is 5.75 Å². The Balaban J connectivity index is 1.29. The Bertz CT molecular complexity index is 1170. The lowest BCUT2D eigenvalue weighted by molar-refractivity contribution is 0.0119. The molecule has 0 heterocycles. The van der Waals surface area contributed by atoms with Crippen molar-refractivity contribution in [2.45, 2.75) is 77.4 Å². The summed E-state index contributed by atoms with van der Waals surface area (Å²) in [5.74, 6) is -0.812. The third kappa shape index (κ3) is 7.10. The maximum absolute atomic E-state index is 14.9. The van der Waals surface area contributed by atoms with Crippen LogP contribution < -0.4 is 9.47 Å². The Hall–Kier alpha value is -2.99. The molecule has 204 valence electrons. The molecule has 3 aromatic rings. The highest BCUT2D eigenvalue weighted by molar-refractivity contribution is 5.65. The van der Waals surface area contributed by atoms with E-state index in [2.05, 4.69) is 6.92 Å². The van der Waals surface area contributed by atoms with Crippen molar-refractivity contribution in [2.75, 3.05) is 13.2 Å². The van der Waals surface area contributed by atoms with E-state index >= 15 is 0 Å². The molecule has 0 aliphatic heterocycles. The van der Waals surface area contributed by atoms with Crippen molar-refractivity contribution >= 4 is 0 Å². The highest BCUT2D eigenvalue weighted by Crippen LogP contribution is 2.36. The average molecular weight is 527 g/mol. The normalized spacial score (nSPS) is 17.4. The second kappa shape index (κ2) is 13.7. The van der Waals surface area contributed by atoms with Crippen LogP contribution in [-0.2, 0) is 11.3 Å². The maximum atomic E-state index is 14.9. The number of hydrogen-bond acceptors (Lipinski definition) is 3. The molecule has 6 heteroatoms. The summed E-state index contributed by atoms with van der Waals surface area (Å²) in [6, 6.07) is 15.4. The standard InChI is InChI=1S/C32H37F3O3/c1-3-5-19-37-30-17-11-24(20-29(30)33)22-6-12-27(13-7-22)38-21-25-10-16-28(32(35)31(25)34)23-8-14-26(15-9-23)36-18-4-2/h8-11,14-17,20,22,27H,3-7,12-13,18-19,21H2,1-2H3. The topological polar surface area (TPSA) is 27.7 Å². The Morgan fingerprint density at radius 3 is 2.21 bits per heavy atom. The van der Waals surface area contributed by atoms with Crippen molar-refractivity contribution in [3.05, 3.63) is 83.2 Å². The largest absolute Gasteiger partial charge is 0.494 e. The van der Waals surface area contributed by atoms with Gasteiger partial charge in [0, 0.05) is 11.1 Å². The lowest BCUT2D eigenvalue weighted by Gasteiger charge is -2.29. The van der Waals surface area contributed by atoms with Crippen molar-refractivity contribution < 1.29 is 27.4 Å². The molecule has 0 unspecified atom stereocenters. The van der Waals surface area contributed by atoms with Crippen molar-refractivity contribution in [1.82, 2.24) is 0 Å². The van der Waals surface area contributed by atoms with Gasteiger partial charge in [-0.3, -0.25) is 0 Å². The number of ether oxygens (including phenoxy) is 3. The van der Waals surface area contributed by atoms with Gasteiger partial charge in [-0.15, -0.1) is 0 Å². The second-order valence-corrected chi connectivity index (χ2v) is 9.95. The molecule has 0 aromatic heterocycles. The van der Waals surface area contributed by atoms with Gasteiger partial charge in [-0.25, -0.2) is 13.2 Å². The van der Waals surface area contributed by atoms with Crippen molar-refractivity contribution in [3.63, 3.8) is 0 Å². The van der Waals surface area contributed by atoms with Crippen LogP contribution in [0.4, 0.5) is 13.2 Å². The van der Waals surface area contributed by atoms with Crippen molar-refractivity contribution in [3.8, 4) is 22.6 Å². The van der Waals surface area contributed by atoms with E-state index in [1.54, 1.807) is 48.5 Å². The minimum absolute atomic E-state index is 0.0145. The first-order chi connectivity index (χ1) is 18.5. The number of halogens is 3. The van der Waals surface area contributed by atoms with Gasteiger partial charge in [-0.05, 0) is 79.8 Å². The highest BCUT2D eigenvalue weighted by atomic mass is 19.2. The molecule has 3 aromatic carbocycles. The van der Waals surface area contributed by atoms with Gasteiger partial charge < -0.3 is 14.2 Å². The third-order valence-corrected chi connectivity index (χ3v) is 7.13. The van der Waals surface area contributed by atoms with Crippen LogP contribution in [0.2, 0.25) is 0 Å². The summed E-state index contributed by atoms with van der Waals surface area (Å²) in [6.07, 6.45) is 6.05. The predicted octanol–water partition coefficient (Wildman–Crippen LogP) is 8.98. The zero-order chi connectivity index (χ0) is 26.9. The van der Waals surface area contributed by atoms with Crippen LogP contribution in [0.1, 0.15) is 75.8 Å². The quantitative estimate of drug-likeness (QED) is 0.220. The van der Waals surface area contributed by atoms with Gasteiger partial charge in [0.25, 0.3) is 0 Å². The Kier molecular flexibility index (Phi) is 10.1. The van der Waals surface area contributed by atoms with Crippen LogP contribution in [0.25, 0.3) is 11.1 Å². The zero-order valence-corrected chi connectivity index (χ0v) is 22.3. The average Bonchev–Trinajstić information content (AvgIpc) is 2.94. The summed E-state index contributed by atoms with van der Waals surface area (Å²) in [4.78, 5) is 0. The van der Waals surface area contributed by atoms with Crippen molar-refractivity contribution in [2.24, 2.45) is 0 Å². The minimum atomic E-state index is -0.876. The van der Waals surface area contributed by atoms with Gasteiger partial charge in [-0.2, -0.15) is 0 Å². The maximum Gasteiger partial charge on any atom is 0.167 e. The number of unbranched alkanes of at least 4 members (excludes halogenated alkanes) is 1. The summed E-state index contributed by atoms with van der Waals surface area (Å²) in [6.45, 7) is 5.23. The first-order valence-electron chi connectivity index (χ1n) is 13.7. The van der Waals surface area contributed by atoms with Gasteiger partial charge in [-0.1, -0.05) is 50.6 Å². The van der Waals surface area contributed by atoms with Gasteiger partial charge >= 0.3 is 0 Å². The molecule has 0 amide bonds. The van der Waals surface area contributed by atoms with Crippen LogP contribution in [0.15, 0.2) is 54.6 Å². The first-order valence-corrected chi connectivity index (χ1v) is 13.7. The van der Waals surface area contributed by atoms with Crippen LogP contribution in [-0.4, -0.2) is 19.3 Å². The SMILES string of the molecule is CCCCOc1ccc(C2CCC(OCc3ccc(-c4ccc(OCCC)cc4)c(F)c3F)CC2)cc1F. The van der Waals surface area contributed by atoms with Crippen LogP contribution >= 0.6 is 0 Å². The van der Waals surface area contributed by atoms with Crippen LogP contribution in [0.5, 0.6) is 11.5 Å². The Morgan fingerprint density at radius 1 is 0.763 bits per heavy atom. The molecule has 0 bridgehead atoms. The summed E-state index contributed by atoms with van der Waals surface area (Å²) in [5, 5.41) is 0. The smallest absolute Gasteiger partial charge is 0.167 e. The summed E-state index contributed by atoms with van der Waals surface area (Å²) in [7, 11) is 0. The fourth-order valence-corrected chi connectivity index (χ4v) is 4.86. The summed E-state index contributed by atoms with van der Waals surface area (Å²) >= 11 is 0. The number of benzene rings is 3. The van der Waals surface area contributed by atoms with E-state index in [1.807, 2.05) is 13.0 Å². The first kappa shape index (κ1) is 28.0. The summed E-state index contributed by atoms with van der Waals surface area (Å²) in [5.41, 5.74) is 1.98. The molecule has 0 saturated heterocycles. The molecule has 0 N–H and O–H groups in total. The van der Waals surface area contributed by atoms with E-state index in [-0.39, 0.29) is 35.6 Å². The fourth-order valence-electron chi connectivity index (χ4n) is 4.86. The Morgan fingerprint density at radius 2 is 1.53 bits per heavy atom. The molecule has 0 atom stereocenters. The number of hydrogen-bond donors (Lipinski definition) is 0. The monoisotopic (exact) mass is 526 g/mol. The Labute approximate surface area is 223 Å². The molecular weight excluding hydrogens is 489 g/mol. The van der Waals surface area contributed by atoms with E-state index in [4.69, 9.17) is 14.2 Å². The van der Waals surface area contributed by atoms with E-state index in [0.717, 1.165) is 50.5 Å². The van der Waals surface area contributed by atoms with Crippen LogP contribution in [0, 0.1) is 17.5 Å². The molecule has 1 saturated carbocycles. The molecule has 0 spiro atoms. The molecule has 1 aliphatic rings. The van der Waals surface area contributed by atoms with E-state index < -0.39 is 11.6 Å². The molecule has 1 fully saturated rings. The molecule has 0 radical (unpaired) electrons. The number of rotatable bonds is 12. The molecule has 38 heavy (non-hydrogen) atoms. The van der Waals surface area contributed by atoms with E-state index in [9.17, 15) is 13.2 Å². The zero-order valence-electron chi connectivity index (χ0n) is 22.3. The lowest BCUT2D eigenvalue weighted by Crippen LogP contribution is -2.21. The molecule has 4 rings (SSSR count). The molecular formula is C32H37F3O3. The highest BCUT2D eigenvalue weighted by Gasteiger charge is 2.24. The third-order valence-electron chi connectivity index (χ3n) is 7.13. The lowest BCUT2D eigenvalue weighted by atomic mass is 9.82. The fraction of sp³-hybridized carbons (Fsp3) is 0.438.